The molecule has 6 heteroatoms. The van der Waals surface area contributed by atoms with Gasteiger partial charge in [0.15, 0.2) is 0 Å². The summed E-state index contributed by atoms with van der Waals surface area (Å²) in [7, 11) is 0. The molecule has 1 rings (SSSR count). The largest absolute Gasteiger partial charge is 0.352 e. The van der Waals surface area contributed by atoms with E-state index in [4.69, 9.17) is 5.73 Å². The average Bonchev–Trinajstić information content (AvgIpc) is 2.15. The van der Waals surface area contributed by atoms with Gasteiger partial charge in [-0.1, -0.05) is 15.9 Å². The van der Waals surface area contributed by atoms with E-state index in [0.717, 1.165) is 5.56 Å². The third kappa shape index (κ3) is 5.09. The normalized spacial score (nSPS) is 10.1. The number of hydrogen-bond donors (Lipinski definition) is 3. The van der Waals surface area contributed by atoms with Crippen LogP contribution >= 0.6 is 15.9 Å². The molecular formula is C10H13BrFN3O. The van der Waals surface area contributed by atoms with Gasteiger partial charge >= 0.3 is 6.03 Å². The number of amides is 2. The molecule has 4 nitrogen and oxygen atoms in total. The minimum atomic E-state index is -0.546. The summed E-state index contributed by atoms with van der Waals surface area (Å²) in [5, 5.41) is 5.50. The van der Waals surface area contributed by atoms with Crippen LogP contribution in [0, 0.1) is 5.82 Å². The highest BCUT2D eigenvalue weighted by Gasteiger charge is 1.98. The number of primary amides is 1. The number of halogens is 2. The molecule has 0 atom stereocenters. The van der Waals surface area contributed by atoms with Gasteiger partial charge in [-0.15, -0.1) is 0 Å². The Morgan fingerprint density at radius 2 is 2.12 bits per heavy atom. The van der Waals surface area contributed by atoms with Gasteiger partial charge in [-0.05, 0) is 23.8 Å². The van der Waals surface area contributed by atoms with Gasteiger partial charge in [0.1, 0.15) is 5.82 Å². The predicted molar refractivity (Wildman–Crippen MR) is 63.4 cm³/mol. The average molecular weight is 290 g/mol. The molecule has 0 aliphatic rings. The molecule has 0 radical (unpaired) electrons. The molecule has 0 bridgehead atoms. The zero-order chi connectivity index (χ0) is 12.0. The van der Waals surface area contributed by atoms with Gasteiger partial charge in [0, 0.05) is 24.1 Å². The predicted octanol–water partition coefficient (Wildman–Crippen LogP) is 1.35. The van der Waals surface area contributed by atoms with E-state index in [1.807, 2.05) is 6.07 Å². The Hall–Kier alpha value is -1.14. The lowest BCUT2D eigenvalue weighted by atomic mass is 10.2. The van der Waals surface area contributed by atoms with Crippen molar-refractivity contribution < 1.29 is 9.18 Å². The van der Waals surface area contributed by atoms with Gasteiger partial charge in [-0.3, -0.25) is 0 Å². The van der Waals surface area contributed by atoms with Crippen LogP contribution in [0.15, 0.2) is 22.7 Å². The highest BCUT2D eigenvalue weighted by Crippen LogP contribution is 2.14. The SMILES string of the molecule is NC(=O)NCCNCc1cc(F)cc(Br)c1. The van der Waals surface area contributed by atoms with Gasteiger partial charge in [-0.25, -0.2) is 9.18 Å². The second kappa shape index (κ2) is 6.44. The van der Waals surface area contributed by atoms with E-state index in [1.165, 1.54) is 12.1 Å². The summed E-state index contributed by atoms with van der Waals surface area (Å²) < 4.78 is 13.7. The summed E-state index contributed by atoms with van der Waals surface area (Å²) in [5.41, 5.74) is 5.73. The first-order valence-corrected chi connectivity index (χ1v) is 5.56. The van der Waals surface area contributed by atoms with Crippen molar-refractivity contribution in [3.05, 3.63) is 34.1 Å². The first-order chi connectivity index (χ1) is 7.58. The summed E-state index contributed by atoms with van der Waals surface area (Å²) in [4.78, 5) is 10.3. The van der Waals surface area contributed by atoms with Crippen LogP contribution in [0.5, 0.6) is 0 Å². The first kappa shape index (κ1) is 12.9. The number of nitrogens with one attached hydrogen (secondary N) is 2. The Morgan fingerprint density at radius 3 is 2.75 bits per heavy atom. The molecule has 0 aromatic heterocycles. The fourth-order valence-corrected chi connectivity index (χ4v) is 1.73. The fourth-order valence-electron chi connectivity index (χ4n) is 1.22. The van der Waals surface area contributed by atoms with Crippen LogP contribution in [0.4, 0.5) is 9.18 Å². The molecule has 0 heterocycles. The molecular weight excluding hydrogens is 277 g/mol. The number of carbonyl (C=O) groups excluding carboxylic acids is 1. The molecule has 0 unspecified atom stereocenters. The summed E-state index contributed by atoms with van der Waals surface area (Å²) >= 11 is 3.21. The first-order valence-electron chi connectivity index (χ1n) is 4.77. The second-order valence-corrected chi connectivity index (χ2v) is 4.16. The number of benzene rings is 1. The summed E-state index contributed by atoms with van der Waals surface area (Å²) in [6.45, 7) is 1.57. The van der Waals surface area contributed by atoms with Crippen molar-refractivity contribution in [1.29, 1.82) is 0 Å². The van der Waals surface area contributed by atoms with E-state index < -0.39 is 6.03 Å². The highest BCUT2D eigenvalue weighted by molar-refractivity contribution is 9.10. The van der Waals surface area contributed by atoms with Crippen molar-refractivity contribution in [1.82, 2.24) is 10.6 Å². The number of nitrogens with two attached hydrogens (primary N) is 1. The number of rotatable bonds is 5. The Kier molecular flexibility index (Phi) is 5.21. The molecule has 0 aliphatic carbocycles. The maximum absolute atomic E-state index is 13.0. The standard InChI is InChI=1S/C10H13BrFN3O/c11-8-3-7(4-9(12)5-8)6-14-1-2-15-10(13)16/h3-5,14H,1-2,6H2,(H3,13,15,16). The van der Waals surface area contributed by atoms with Crippen molar-refractivity contribution in [3.8, 4) is 0 Å². The van der Waals surface area contributed by atoms with Crippen LogP contribution in [0.3, 0.4) is 0 Å². The molecule has 16 heavy (non-hydrogen) atoms. The van der Waals surface area contributed by atoms with Crippen molar-refractivity contribution in [2.75, 3.05) is 13.1 Å². The van der Waals surface area contributed by atoms with Crippen LogP contribution < -0.4 is 16.4 Å². The lowest BCUT2D eigenvalue weighted by molar-refractivity contribution is 0.249. The maximum atomic E-state index is 13.0. The molecule has 1 aromatic rings. The summed E-state index contributed by atoms with van der Waals surface area (Å²) in [5.74, 6) is -0.276. The van der Waals surface area contributed by atoms with Crippen LogP contribution in [-0.2, 0) is 6.54 Å². The molecule has 2 amide bonds. The molecule has 88 valence electrons. The smallest absolute Gasteiger partial charge is 0.312 e. The summed E-state index contributed by atoms with van der Waals surface area (Å²) in [6, 6.07) is 4.14. The monoisotopic (exact) mass is 289 g/mol. The minimum Gasteiger partial charge on any atom is -0.352 e. The fraction of sp³-hybridized carbons (Fsp3) is 0.300. The number of urea groups is 1. The van der Waals surface area contributed by atoms with Gasteiger partial charge < -0.3 is 16.4 Å². The topological polar surface area (TPSA) is 67.2 Å². The van der Waals surface area contributed by atoms with E-state index in [1.54, 1.807) is 0 Å². The molecule has 1 aromatic carbocycles. The zero-order valence-electron chi connectivity index (χ0n) is 8.59. The second-order valence-electron chi connectivity index (χ2n) is 3.25. The van der Waals surface area contributed by atoms with Crippen molar-refractivity contribution in [2.24, 2.45) is 5.73 Å². The van der Waals surface area contributed by atoms with E-state index in [2.05, 4.69) is 26.6 Å². The minimum absolute atomic E-state index is 0.276. The van der Waals surface area contributed by atoms with E-state index >= 15 is 0 Å². The Labute approximate surface area is 102 Å². The molecule has 0 saturated carbocycles. The third-order valence-electron chi connectivity index (χ3n) is 1.85. The van der Waals surface area contributed by atoms with Gasteiger partial charge in [0.05, 0.1) is 0 Å². The molecule has 0 saturated heterocycles. The van der Waals surface area contributed by atoms with Crippen LogP contribution in [-0.4, -0.2) is 19.1 Å². The van der Waals surface area contributed by atoms with E-state index in [-0.39, 0.29) is 5.82 Å². The van der Waals surface area contributed by atoms with Crippen molar-refractivity contribution >= 4 is 22.0 Å². The molecule has 0 fully saturated rings. The van der Waals surface area contributed by atoms with Gasteiger partial charge in [0.2, 0.25) is 0 Å². The Bertz CT molecular complexity index is 353. The van der Waals surface area contributed by atoms with Crippen LogP contribution in [0.2, 0.25) is 0 Å². The summed E-state index contributed by atoms with van der Waals surface area (Å²) in [6.07, 6.45) is 0. The van der Waals surface area contributed by atoms with E-state index in [9.17, 15) is 9.18 Å². The number of hydrogen-bond acceptors (Lipinski definition) is 2. The Morgan fingerprint density at radius 1 is 1.38 bits per heavy atom. The van der Waals surface area contributed by atoms with Crippen molar-refractivity contribution in [3.63, 3.8) is 0 Å². The van der Waals surface area contributed by atoms with Crippen LogP contribution in [0.1, 0.15) is 5.56 Å². The lowest BCUT2D eigenvalue weighted by Gasteiger charge is -2.06. The number of carbonyl (C=O) groups is 1. The van der Waals surface area contributed by atoms with E-state index in [0.29, 0.717) is 24.1 Å². The molecule has 4 N–H and O–H groups in total. The maximum Gasteiger partial charge on any atom is 0.312 e. The molecule has 0 aliphatic heterocycles. The third-order valence-corrected chi connectivity index (χ3v) is 2.31. The Balaban J connectivity index is 2.29. The lowest BCUT2D eigenvalue weighted by Crippen LogP contribution is -2.35. The highest BCUT2D eigenvalue weighted by atomic mass is 79.9. The zero-order valence-corrected chi connectivity index (χ0v) is 10.2. The quantitative estimate of drug-likeness (QED) is 0.716. The van der Waals surface area contributed by atoms with Gasteiger partial charge in [-0.2, -0.15) is 0 Å². The molecule has 0 spiro atoms. The van der Waals surface area contributed by atoms with Crippen molar-refractivity contribution in [2.45, 2.75) is 6.54 Å². The van der Waals surface area contributed by atoms with Crippen LogP contribution in [0.25, 0.3) is 0 Å². The van der Waals surface area contributed by atoms with Gasteiger partial charge in [0.25, 0.3) is 0 Å².